The second kappa shape index (κ2) is 7.92. The highest BCUT2D eigenvalue weighted by atomic mass is 16.5. The van der Waals surface area contributed by atoms with Gasteiger partial charge in [0.1, 0.15) is 24.3 Å². The van der Waals surface area contributed by atoms with E-state index in [4.69, 9.17) is 9.72 Å². The first-order valence-electron chi connectivity index (χ1n) is 9.62. The molecule has 1 aliphatic rings. The lowest BCUT2D eigenvalue weighted by atomic mass is 9.88. The second-order valence-electron chi connectivity index (χ2n) is 7.18. The minimum Gasteiger partial charge on any atom is -0.491 e. The molecule has 0 bridgehead atoms. The van der Waals surface area contributed by atoms with Gasteiger partial charge >= 0.3 is 0 Å². The molecule has 136 valence electrons. The molecule has 1 aliphatic carbocycles. The van der Waals surface area contributed by atoms with E-state index in [2.05, 4.69) is 16.7 Å². The summed E-state index contributed by atoms with van der Waals surface area (Å²) < 4.78 is 7.94. The van der Waals surface area contributed by atoms with E-state index in [1.807, 2.05) is 42.5 Å². The summed E-state index contributed by atoms with van der Waals surface area (Å²) >= 11 is 0. The fraction of sp³-hybridized carbons (Fsp3) is 0.409. The average Bonchev–Trinajstić information content (AvgIpc) is 3.06. The van der Waals surface area contributed by atoms with Gasteiger partial charge in [-0.05, 0) is 37.1 Å². The summed E-state index contributed by atoms with van der Waals surface area (Å²) in [5.74, 6) is 2.41. The van der Waals surface area contributed by atoms with Crippen LogP contribution in [-0.4, -0.2) is 27.4 Å². The first kappa shape index (κ1) is 17.1. The molecule has 1 saturated carbocycles. The summed E-state index contributed by atoms with van der Waals surface area (Å²) in [6.07, 6.45) is 5.68. The molecule has 0 aliphatic heterocycles. The fourth-order valence-corrected chi connectivity index (χ4v) is 3.93. The van der Waals surface area contributed by atoms with Crippen molar-refractivity contribution in [3.8, 4) is 5.75 Å². The van der Waals surface area contributed by atoms with E-state index in [-0.39, 0.29) is 6.61 Å². The van der Waals surface area contributed by atoms with Gasteiger partial charge in [-0.2, -0.15) is 0 Å². The van der Waals surface area contributed by atoms with Crippen LogP contribution in [0.5, 0.6) is 5.75 Å². The minimum atomic E-state index is -0.574. The van der Waals surface area contributed by atoms with Gasteiger partial charge in [0, 0.05) is 5.92 Å². The number of rotatable bonds is 6. The van der Waals surface area contributed by atoms with E-state index in [0.717, 1.165) is 22.6 Å². The Balaban J connectivity index is 1.54. The van der Waals surface area contributed by atoms with Crippen molar-refractivity contribution < 1.29 is 9.84 Å². The topological polar surface area (TPSA) is 47.3 Å². The van der Waals surface area contributed by atoms with E-state index in [1.54, 1.807) is 0 Å². The fourth-order valence-electron chi connectivity index (χ4n) is 3.93. The lowest BCUT2D eigenvalue weighted by Crippen LogP contribution is -2.25. The number of aliphatic hydroxyl groups is 1. The monoisotopic (exact) mass is 350 g/mol. The molecule has 26 heavy (non-hydrogen) atoms. The molecule has 1 aromatic heterocycles. The average molecular weight is 350 g/mol. The molecule has 0 unspecified atom stereocenters. The Kier molecular flexibility index (Phi) is 5.21. The highest BCUT2D eigenvalue weighted by molar-refractivity contribution is 5.76. The number of aliphatic hydroxyl groups excluding tert-OH is 1. The molecule has 0 spiro atoms. The molecule has 4 rings (SSSR count). The van der Waals surface area contributed by atoms with Crippen LogP contribution in [0.25, 0.3) is 11.0 Å². The lowest BCUT2D eigenvalue weighted by molar-refractivity contribution is 0.0922. The molecule has 4 heteroatoms. The Labute approximate surface area is 154 Å². The number of para-hydroxylation sites is 3. The van der Waals surface area contributed by atoms with Crippen LogP contribution in [0, 0.1) is 0 Å². The van der Waals surface area contributed by atoms with Gasteiger partial charge in [0.2, 0.25) is 0 Å². The van der Waals surface area contributed by atoms with Crippen molar-refractivity contribution in [2.45, 2.75) is 50.7 Å². The van der Waals surface area contributed by atoms with Crippen molar-refractivity contribution in [1.82, 2.24) is 9.55 Å². The zero-order valence-corrected chi connectivity index (χ0v) is 15.1. The van der Waals surface area contributed by atoms with E-state index < -0.39 is 6.10 Å². The highest BCUT2D eigenvalue weighted by Crippen LogP contribution is 2.34. The van der Waals surface area contributed by atoms with Crippen LogP contribution in [0.2, 0.25) is 0 Å². The maximum Gasteiger partial charge on any atom is 0.119 e. The first-order valence-corrected chi connectivity index (χ1v) is 9.62. The number of aromatic nitrogens is 2. The van der Waals surface area contributed by atoms with Crippen LogP contribution >= 0.6 is 0 Å². The Morgan fingerprint density at radius 3 is 2.54 bits per heavy atom. The number of hydrogen-bond acceptors (Lipinski definition) is 3. The Morgan fingerprint density at radius 2 is 1.73 bits per heavy atom. The predicted octanol–water partition coefficient (Wildman–Crippen LogP) is 4.52. The molecule has 1 atom stereocenters. The highest BCUT2D eigenvalue weighted by Gasteiger charge is 2.23. The molecule has 3 aromatic rings. The van der Waals surface area contributed by atoms with Crippen LogP contribution < -0.4 is 4.74 Å². The van der Waals surface area contributed by atoms with E-state index in [9.17, 15) is 5.11 Å². The van der Waals surface area contributed by atoms with Crippen LogP contribution in [0.4, 0.5) is 0 Å². The zero-order chi connectivity index (χ0) is 17.8. The van der Waals surface area contributed by atoms with Gasteiger partial charge in [0.25, 0.3) is 0 Å². The van der Waals surface area contributed by atoms with E-state index in [1.165, 1.54) is 32.1 Å². The number of hydrogen-bond donors (Lipinski definition) is 1. The summed E-state index contributed by atoms with van der Waals surface area (Å²) in [7, 11) is 0. The van der Waals surface area contributed by atoms with Gasteiger partial charge in [0.05, 0.1) is 17.6 Å². The number of fused-ring (bicyclic) bond motifs is 1. The first-order chi connectivity index (χ1) is 12.8. The quantitative estimate of drug-likeness (QED) is 0.711. The molecule has 4 nitrogen and oxygen atoms in total. The zero-order valence-electron chi connectivity index (χ0n) is 15.1. The van der Waals surface area contributed by atoms with Gasteiger partial charge in [-0.1, -0.05) is 49.6 Å². The molecule has 1 fully saturated rings. The molecule has 0 saturated heterocycles. The molecule has 0 radical (unpaired) electrons. The summed E-state index contributed by atoms with van der Waals surface area (Å²) in [4.78, 5) is 4.92. The van der Waals surface area contributed by atoms with Crippen LogP contribution in [0.3, 0.4) is 0 Å². The van der Waals surface area contributed by atoms with Crippen molar-refractivity contribution in [3.05, 3.63) is 60.4 Å². The molecular weight excluding hydrogens is 324 g/mol. The summed E-state index contributed by atoms with van der Waals surface area (Å²) in [5.41, 5.74) is 2.12. The third-order valence-electron chi connectivity index (χ3n) is 5.23. The SMILES string of the molecule is O[C@H](COc1ccccc1)Cn1c(C2CCCCC2)nc2ccccc21. The van der Waals surface area contributed by atoms with E-state index >= 15 is 0 Å². The molecular formula is C22H26N2O2. The summed E-state index contributed by atoms with van der Waals surface area (Å²) in [6.45, 7) is 0.791. The smallest absolute Gasteiger partial charge is 0.119 e. The van der Waals surface area contributed by atoms with Crippen LogP contribution in [-0.2, 0) is 6.54 Å². The van der Waals surface area contributed by atoms with Crippen LogP contribution in [0.15, 0.2) is 54.6 Å². The maximum absolute atomic E-state index is 10.6. The van der Waals surface area contributed by atoms with Crippen molar-refractivity contribution in [3.63, 3.8) is 0 Å². The number of ether oxygens (including phenoxy) is 1. The molecule has 1 heterocycles. The molecule has 2 aromatic carbocycles. The normalized spacial score (nSPS) is 16.7. The van der Waals surface area contributed by atoms with Crippen molar-refractivity contribution in [2.24, 2.45) is 0 Å². The Bertz CT molecular complexity index is 838. The lowest BCUT2D eigenvalue weighted by Gasteiger charge is -2.23. The predicted molar refractivity (Wildman–Crippen MR) is 104 cm³/mol. The van der Waals surface area contributed by atoms with Crippen molar-refractivity contribution >= 4 is 11.0 Å². The largest absolute Gasteiger partial charge is 0.491 e. The Morgan fingerprint density at radius 1 is 1.00 bits per heavy atom. The van der Waals surface area contributed by atoms with Gasteiger partial charge in [-0.25, -0.2) is 4.98 Å². The standard InChI is InChI=1S/C22H26N2O2/c25-18(16-26-19-11-5-2-6-12-19)15-24-21-14-8-7-13-20(21)23-22(24)17-9-3-1-4-10-17/h2,5-8,11-14,17-18,25H,1,3-4,9-10,15-16H2/t18-/m0/s1. The number of imidazole rings is 1. The van der Waals surface area contributed by atoms with E-state index in [0.29, 0.717) is 12.5 Å². The van der Waals surface area contributed by atoms with Crippen molar-refractivity contribution in [2.75, 3.05) is 6.61 Å². The van der Waals surface area contributed by atoms with Crippen LogP contribution in [0.1, 0.15) is 43.8 Å². The molecule has 0 amide bonds. The second-order valence-corrected chi connectivity index (χ2v) is 7.18. The van der Waals surface area contributed by atoms with Gasteiger partial charge in [-0.15, -0.1) is 0 Å². The third-order valence-corrected chi connectivity index (χ3v) is 5.23. The van der Waals surface area contributed by atoms with Gasteiger partial charge in [0.15, 0.2) is 0 Å². The summed E-state index contributed by atoms with van der Waals surface area (Å²) in [5, 5.41) is 10.6. The van der Waals surface area contributed by atoms with Gasteiger partial charge < -0.3 is 14.4 Å². The minimum absolute atomic E-state index is 0.278. The maximum atomic E-state index is 10.6. The third kappa shape index (κ3) is 3.75. The van der Waals surface area contributed by atoms with Gasteiger partial charge in [-0.3, -0.25) is 0 Å². The number of nitrogens with zero attached hydrogens (tertiary/aromatic N) is 2. The van der Waals surface area contributed by atoms with Crippen molar-refractivity contribution in [1.29, 1.82) is 0 Å². The molecule has 1 N–H and O–H groups in total. The number of benzene rings is 2. The summed E-state index contributed by atoms with van der Waals surface area (Å²) in [6, 6.07) is 17.9. The Hall–Kier alpha value is -2.33.